The predicted molar refractivity (Wildman–Crippen MR) is 195 cm³/mol. The Labute approximate surface area is 272 Å². The number of fused-ring (bicyclic) bond motifs is 2. The van der Waals surface area contributed by atoms with E-state index in [2.05, 4.69) is 144 Å². The van der Waals surface area contributed by atoms with Crippen LogP contribution >= 0.6 is 0 Å². The SMILES string of the molecule is Cc1cc(C)c(-c2ccc(-c3c(C)cc(C)c(-c4nc5ccc(-c6ccc7c(c6)nc(C)n7C)cc5n4C)c3C)cc2)c(C)c1C. The number of imidazole rings is 2. The molecule has 0 spiro atoms. The average molecular weight is 603 g/mol. The third-order valence-electron chi connectivity index (χ3n) is 10.3. The largest absolute Gasteiger partial charge is 0.331 e. The summed E-state index contributed by atoms with van der Waals surface area (Å²) in [5, 5.41) is 0. The van der Waals surface area contributed by atoms with Crippen LogP contribution < -0.4 is 0 Å². The molecule has 0 aliphatic carbocycles. The number of hydrogen-bond acceptors (Lipinski definition) is 2. The average Bonchev–Trinajstić information content (AvgIpc) is 3.50. The molecule has 0 saturated carbocycles. The number of rotatable bonds is 4. The van der Waals surface area contributed by atoms with Gasteiger partial charge in [-0.15, -0.1) is 0 Å². The number of benzene rings is 5. The summed E-state index contributed by atoms with van der Waals surface area (Å²) in [5.74, 6) is 2.02. The smallest absolute Gasteiger partial charge is 0.141 e. The summed E-state index contributed by atoms with van der Waals surface area (Å²) in [6.45, 7) is 17.6. The maximum absolute atomic E-state index is 5.20. The molecular weight excluding hydrogens is 560 g/mol. The van der Waals surface area contributed by atoms with Crippen molar-refractivity contribution in [2.75, 3.05) is 0 Å². The molecule has 7 aromatic rings. The standard InChI is InChI=1S/C42H42N4/c1-23-19-24(2)39(28(6)27(23)5)31-11-13-32(14-12-31)40-25(3)20-26(4)41(29(40)7)42-44-35-17-15-34(22-38(35)46(42)10)33-16-18-37-36(21-33)43-30(8)45(37)9/h11-22H,1-10H3. The topological polar surface area (TPSA) is 35.6 Å². The molecule has 230 valence electrons. The van der Waals surface area contributed by atoms with Crippen LogP contribution in [0.25, 0.3) is 66.8 Å². The molecule has 0 amide bonds. The summed E-state index contributed by atoms with van der Waals surface area (Å²) in [6.07, 6.45) is 0. The molecule has 4 heteroatoms. The Morgan fingerprint density at radius 1 is 0.413 bits per heavy atom. The number of hydrogen-bond donors (Lipinski definition) is 0. The summed E-state index contributed by atoms with van der Waals surface area (Å²) in [4.78, 5) is 9.97. The van der Waals surface area contributed by atoms with Crippen molar-refractivity contribution < 1.29 is 0 Å². The molecule has 0 radical (unpaired) electrons. The third kappa shape index (κ3) is 4.58. The van der Waals surface area contributed by atoms with Crippen LogP contribution in [-0.4, -0.2) is 19.1 Å². The molecule has 7 rings (SSSR count). The van der Waals surface area contributed by atoms with E-state index < -0.39 is 0 Å². The molecule has 0 atom stereocenters. The Morgan fingerprint density at radius 3 is 1.63 bits per heavy atom. The molecule has 5 aromatic carbocycles. The van der Waals surface area contributed by atoms with E-state index in [0.717, 1.165) is 39.3 Å². The van der Waals surface area contributed by atoms with Gasteiger partial charge < -0.3 is 9.13 Å². The van der Waals surface area contributed by atoms with Gasteiger partial charge in [0.05, 0.1) is 22.1 Å². The highest BCUT2D eigenvalue weighted by atomic mass is 15.1. The first-order valence-corrected chi connectivity index (χ1v) is 16.1. The summed E-state index contributed by atoms with van der Waals surface area (Å²) in [7, 11) is 4.21. The Kier molecular flexibility index (Phi) is 7.01. The molecule has 0 aliphatic heterocycles. The highest BCUT2D eigenvalue weighted by Crippen LogP contribution is 2.39. The first-order valence-electron chi connectivity index (χ1n) is 16.1. The van der Waals surface area contributed by atoms with Crippen LogP contribution in [0, 0.1) is 55.4 Å². The van der Waals surface area contributed by atoms with Gasteiger partial charge >= 0.3 is 0 Å². The minimum Gasteiger partial charge on any atom is -0.331 e. The molecule has 0 bridgehead atoms. The van der Waals surface area contributed by atoms with Crippen LogP contribution in [0.5, 0.6) is 0 Å². The monoisotopic (exact) mass is 602 g/mol. The van der Waals surface area contributed by atoms with E-state index in [9.17, 15) is 0 Å². The minimum absolute atomic E-state index is 0.997. The quantitative estimate of drug-likeness (QED) is 0.201. The van der Waals surface area contributed by atoms with Crippen LogP contribution in [-0.2, 0) is 14.1 Å². The molecule has 0 unspecified atom stereocenters. The van der Waals surface area contributed by atoms with E-state index in [-0.39, 0.29) is 0 Å². The molecule has 0 fully saturated rings. The highest BCUT2D eigenvalue weighted by molar-refractivity contribution is 5.90. The molecular formula is C42H42N4. The lowest BCUT2D eigenvalue weighted by atomic mass is 9.87. The van der Waals surface area contributed by atoms with Crippen molar-refractivity contribution in [3.63, 3.8) is 0 Å². The molecule has 2 heterocycles. The van der Waals surface area contributed by atoms with Gasteiger partial charge in [-0.05, 0) is 152 Å². The van der Waals surface area contributed by atoms with Gasteiger partial charge in [0, 0.05) is 19.7 Å². The normalized spacial score (nSPS) is 11.7. The van der Waals surface area contributed by atoms with Gasteiger partial charge in [0.1, 0.15) is 11.6 Å². The predicted octanol–water partition coefficient (Wildman–Crippen LogP) is 10.6. The molecule has 0 N–H and O–H groups in total. The van der Waals surface area contributed by atoms with Crippen molar-refractivity contribution in [3.05, 3.63) is 118 Å². The summed E-state index contributed by atoms with van der Waals surface area (Å²) >= 11 is 0. The van der Waals surface area contributed by atoms with Crippen LogP contribution in [0.2, 0.25) is 0 Å². The molecule has 0 saturated heterocycles. The second-order valence-corrected chi connectivity index (χ2v) is 13.2. The van der Waals surface area contributed by atoms with Crippen molar-refractivity contribution >= 4 is 22.1 Å². The zero-order valence-electron chi connectivity index (χ0n) is 28.7. The summed E-state index contributed by atoms with van der Waals surface area (Å²) in [6, 6.07) is 26.9. The molecule has 4 nitrogen and oxygen atoms in total. The van der Waals surface area contributed by atoms with Gasteiger partial charge in [-0.25, -0.2) is 9.97 Å². The lowest BCUT2D eigenvalue weighted by Crippen LogP contribution is -2.01. The van der Waals surface area contributed by atoms with Crippen molar-refractivity contribution in [2.24, 2.45) is 14.1 Å². The number of aromatic nitrogens is 4. The van der Waals surface area contributed by atoms with Gasteiger partial charge in [0.2, 0.25) is 0 Å². The lowest BCUT2D eigenvalue weighted by molar-refractivity contribution is 0.886. The minimum atomic E-state index is 0.997. The van der Waals surface area contributed by atoms with Gasteiger partial charge in [-0.1, -0.05) is 48.5 Å². The van der Waals surface area contributed by atoms with E-state index in [1.807, 2.05) is 6.92 Å². The van der Waals surface area contributed by atoms with Crippen molar-refractivity contribution in [2.45, 2.75) is 55.4 Å². The van der Waals surface area contributed by atoms with E-state index in [1.54, 1.807) is 0 Å². The van der Waals surface area contributed by atoms with Crippen LogP contribution in [0.1, 0.15) is 44.8 Å². The van der Waals surface area contributed by atoms with Gasteiger partial charge in [-0.3, -0.25) is 0 Å². The number of nitrogens with zero attached hydrogens (tertiary/aromatic N) is 4. The lowest BCUT2D eigenvalue weighted by Gasteiger charge is -2.19. The van der Waals surface area contributed by atoms with Crippen molar-refractivity contribution in [1.29, 1.82) is 0 Å². The summed E-state index contributed by atoms with van der Waals surface area (Å²) < 4.78 is 4.39. The van der Waals surface area contributed by atoms with Gasteiger partial charge in [-0.2, -0.15) is 0 Å². The second kappa shape index (κ2) is 10.8. The fourth-order valence-corrected chi connectivity index (χ4v) is 7.60. The first kappa shape index (κ1) is 29.7. The fraction of sp³-hybridized carbons (Fsp3) is 0.238. The highest BCUT2D eigenvalue weighted by Gasteiger charge is 2.20. The maximum Gasteiger partial charge on any atom is 0.141 e. The van der Waals surface area contributed by atoms with Crippen LogP contribution in [0.4, 0.5) is 0 Å². The summed E-state index contributed by atoms with van der Waals surface area (Å²) in [5.41, 5.74) is 22.2. The molecule has 0 aliphatic rings. The first-order chi connectivity index (χ1) is 21.9. The zero-order valence-corrected chi connectivity index (χ0v) is 28.7. The molecule has 46 heavy (non-hydrogen) atoms. The van der Waals surface area contributed by atoms with Crippen LogP contribution in [0.15, 0.2) is 72.8 Å². The second-order valence-electron chi connectivity index (χ2n) is 13.2. The van der Waals surface area contributed by atoms with Crippen molar-refractivity contribution in [1.82, 2.24) is 19.1 Å². The zero-order chi connectivity index (χ0) is 32.6. The van der Waals surface area contributed by atoms with Crippen LogP contribution in [0.3, 0.4) is 0 Å². The van der Waals surface area contributed by atoms with E-state index >= 15 is 0 Å². The van der Waals surface area contributed by atoms with E-state index in [1.165, 1.54) is 72.3 Å². The fourth-order valence-electron chi connectivity index (χ4n) is 7.60. The Morgan fingerprint density at radius 2 is 0.957 bits per heavy atom. The number of aryl methyl sites for hydroxylation is 7. The Bertz CT molecular complexity index is 2350. The van der Waals surface area contributed by atoms with Crippen molar-refractivity contribution in [3.8, 4) is 44.8 Å². The van der Waals surface area contributed by atoms with Gasteiger partial charge in [0.25, 0.3) is 0 Å². The van der Waals surface area contributed by atoms with E-state index in [4.69, 9.17) is 9.97 Å². The van der Waals surface area contributed by atoms with Gasteiger partial charge in [0.15, 0.2) is 0 Å². The Hall–Kier alpha value is -4.96. The Balaban J connectivity index is 1.31. The molecule has 2 aromatic heterocycles. The third-order valence-corrected chi connectivity index (χ3v) is 10.3. The maximum atomic E-state index is 5.20. The van der Waals surface area contributed by atoms with E-state index in [0.29, 0.717) is 0 Å².